The molecule has 9 nitrogen and oxygen atoms in total. The Morgan fingerprint density at radius 2 is 2.18 bits per heavy atom. The van der Waals surface area contributed by atoms with Crippen LogP contribution in [0.3, 0.4) is 0 Å². The van der Waals surface area contributed by atoms with E-state index < -0.39 is 0 Å². The number of carbonyl (C=O) groups excluding carboxylic acids is 1. The highest BCUT2D eigenvalue weighted by atomic mass is 16.2. The Bertz CT molecular complexity index is 1000. The minimum Gasteiger partial charge on any atom is -0.309 e. The van der Waals surface area contributed by atoms with E-state index in [9.17, 15) is 4.79 Å². The summed E-state index contributed by atoms with van der Waals surface area (Å²) in [6.07, 6.45) is 6.78. The number of carbonyl (C=O) groups is 1. The third-order valence-electron chi connectivity index (χ3n) is 4.82. The molecule has 3 aromatic heterocycles. The Balaban J connectivity index is 1.48. The summed E-state index contributed by atoms with van der Waals surface area (Å²) in [5, 5.41) is 19.8. The highest BCUT2D eigenvalue weighted by Gasteiger charge is 2.22. The number of fused-ring (bicyclic) bond motifs is 1. The highest BCUT2D eigenvalue weighted by molar-refractivity contribution is 5.89. The lowest BCUT2D eigenvalue weighted by molar-refractivity contribution is -0.117. The molecule has 3 aromatic rings. The van der Waals surface area contributed by atoms with Gasteiger partial charge >= 0.3 is 0 Å². The van der Waals surface area contributed by atoms with Gasteiger partial charge in [0.2, 0.25) is 11.7 Å². The van der Waals surface area contributed by atoms with Crippen molar-refractivity contribution >= 4 is 11.7 Å². The van der Waals surface area contributed by atoms with Crippen molar-refractivity contribution < 1.29 is 4.79 Å². The van der Waals surface area contributed by atoms with Gasteiger partial charge in [-0.05, 0) is 48.4 Å². The molecule has 0 aromatic carbocycles. The van der Waals surface area contributed by atoms with Crippen LogP contribution in [0.5, 0.6) is 0 Å². The minimum atomic E-state index is -0.220. The maximum absolute atomic E-state index is 12.4. The molecule has 4 rings (SSSR count). The Labute approximate surface area is 163 Å². The van der Waals surface area contributed by atoms with Crippen molar-refractivity contribution in [2.45, 2.75) is 53.1 Å². The van der Waals surface area contributed by atoms with Crippen molar-refractivity contribution in [2.75, 3.05) is 5.32 Å². The monoisotopic (exact) mass is 380 g/mol. The Morgan fingerprint density at radius 1 is 1.32 bits per heavy atom. The van der Waals surface area contributed by atoms with Gasteiger partial charge in [-0.1, -0.05) is 13.8 Å². The van der Waals surface area contributed by atoms with Gasteiger partial charge in [0.15, 0.2) is 0 Å². The summed E-state index contributed by atoms with van der Waals surface area (Å²) in [4.78, 5) is 18.2. The number of tetrazole rings is 1. The van der Waals surface area contributed by atoms with Gasteiger partial charge in [0, 0.05) is 30.1 Å². The lowest BCUT2D eigenvalue weighted by atomic mass is 10.0. The Hall–Kier alpha value is -3.10. The zero-order chi connectivity index (χ0) is 19.7. The van der Waals surface area contributed by atoms with Crippen LogP contribution < -0.4 is 5.32 Å². The molecule has 0 bridgehead atoms. The van der Waals surface area contributed by atoms with Crippen LogP contribution in [0.25, 0.3) is 11.4 Å². The smallest absolute Gasteiger partial charge is 0.249 e. The molecule has 0 unspecified atom stereocenters. The molecule has 0 saturated carbocycles. The number of rotatable bonds is 6. The second-order valence-corrected chi connectivity index (χ2v) is 7.56. The predicted molar refractivity (Wildman–Crippen MR) is 104 cm³/mol. The minimum absolute atomic E-state index is 0.0125. The van der Waals surface area contributed by atoms with Crippen LogP contribution in [-0.2, 0) is 30.7 Å². The maximum atomic E-state index is 12.4. The molecule has 1 aliphatic rings. The van der Waals surface area contributed by atoms with Crippen LogP contribution in [0.4, 0.5) is 5.82 Å². The fourth-order valence-corrected chi connectivity index (χ4v) is 3.60. The topological polar surface area (TPSA) is 103 Å². The van der Waals surface area contributed by atoms with E-state index in [1.54, 1.807) is 16.9 Å². The van der Waals surface area contributed by atoms with Gasteiger partial charge in [0.05, 0.1) is 6.20 Å². The zero-order valence-electron chi connectivity index (χ0n) is 16.4. The molecule has 9 heteroatoms. The molecule has 0 fully saturated rings. The van der Waals surface area contributed by atoms with Crippen molar-refractivity contribution in [1.29, 1.82) is 0 Å². The average Bonchev–Trinajstić information content (AvgIpc) is 3.36. The molecule has 146 valence electrons. The number of amides is 1. The van der Waals surface area contributed by atoms with Crippen molar-refractivity contribution in [3.63, 3.8) is 0 Å². The van der Waals surface area contributed by atoms with Crippen LogP contribution in [0.15, 0.2) is 18.5 Å². The van der Waals surface area contributed by atoms with Gasteiger partial charge in [-0.2, -0.15) is 9.90 Å². The summed E-state index contributed by atoms with van der Waals surface area (Å²) in [7, 11) is 0. The standard InChI is InChI=1S/C19H24N8O/c1-12(2)10-26-16(7-8-21-26)22-17(28)11-27-24-19(23-25-27)18-13(3)20-9-14-5-4-6-15(14)18/h7-9,12H,4-6,10-11H2,1-3H3,(H,22,28). The van der Waals surface area contributed by atoms with Crippen LogP contribution >= 0.6 is 0 Å². The second-order valence-electron chi connectivity index (χ2n) is 7.56. The van der Waals surface area contributed by atoms with E-state index in [4.69, 9.17) is 0 Å². The third kappa shape index (κ3) is 3.64. The first kappa shape index (κ1) is 18.3. The Kier molecular flexibility index (Phi) is 4.89. The van der Waals surface area contributed by atoms with Gasteiger partial charge in [-0.3, -0.25) is 9.78 Å². The summed E-state index contributed by atoms with van der Waals surface area (Å²) in [5.41, 5.74) is 4.36. The molecule has 1 aliphatic carbocycles. The van der Waals surface area contributed by atoms with Gasteiger partial charge in [0.1, 0.15) is 12.4 Å². The lowest BCUT2D eigenvalue weighted by Gasteiger charge is -2.10. The van der Waals surface area contributed by atoms with Gasteiger partial charge in [-0.25, -0.2) is 4.68 Å². The summed E-state index contributed by atoms with van der Waals surface area (Å²) in [6.45, 7) is 6.88. The normalized spacial score (nSPS) is 13.1. The first-order chi connectivity index (χ1) is 13.5. The number of nitrogens with zero attached hydrogens (tertiary/aromatic N) is 7. The van der Waals surface area contributed by atoms with Gasteiger partial charge in [0.25, 0.3) is 0 Å². The fourth-order valence-electron chi connectivity index (χ4n) is 3.60. The molecule has 0 aliphatic heterocycles. The van der Waals surface area contributed by atoms with E-state index in [1.807, 2.05) is 13.1 Å². The van der Waals surface area contributed by atoms with Crippen molar-refractivity contribution in [3.05, 3.63) is 35.3 Å². The quantitative estimate of drug-likeness (QED) is 0.702. The summed E-state index contributed by atoms with van der Waals surface area (Å²) in [6, 6.07) is 1.78. The summed E-state index contributed by atoms with van der Waals surface area (Å²) in [5.74, 6) is 1.41. The predicted octanol–water partition coefficient (Wildman–Crippen LogP) is 2.02. The fraction of sp³-hybridized carbons (Fsp3) is 0.474. The number of pyridine rings is 1. The van der Waals surface area contributed by atoms with Crippen LogP contribution in [0.2, 0.25) is 0 Å². The second kappa shape index (κ2) is 7.49. The summed E-state index contributed by atoms with van der Waals surface area (Å²) < 4.78 is 1.78. The molecule has 1 amide bonds. The SMILES string of the molecule is Cc1ncc2c(c1-c1nnn(CC(=O)Nc3ccnn3CC(C)C)n1)CCC2. The number of nitrogens with one attached hydrogen (secondary N) is 1. The number of hydrogen-bond donors (Lipinski definition) is 1. The number of anilines is 1. The van der Waals surface area contributed by atoms with Gasteiger partial charge in [-0.15, -0.1) is 10.2 Å². The van der Waals surface area contributed by atoms with Gasteiger partial charge < -0.3 is 5.32 Å². The van der Waals surface area contributed by atoms with E-state index in [0.29, 0.717) is 17.6 Å². The summed E-state index contributed by atoms with van der Waals surface area (Å²) >= 11 is 0. The zero-order valence-corrected chi connectivity index (χ0v) is 16.4. The van der Waals surface area contributed by atoms with E-state index in [-0.39, 0.29) is 12.5 Å². The number of aromatic nitrogens is 7. The molecular weight excluding hydrogens is 356 g/mol. The van der Waals surface area contributed by atoms with Crippen molar-refractivity contribution in [3.8, 4) is 11.4 Å². The molecule has 1 N–H and O–H groups in total. The number of aryl methyl sites for hydroxylation is 2. The average molecular weight is 380 g/mol. The molecule has 28 heavy (non-hydrogen) atoms. The van der Waals surface area contributed by atoms with Crippen LogP contribution in [0.1, 0.15) is 37.1 Å². The first-order valence-electron chi connectivity index (χ1n) is 9.58. The largest absolute Gasteiger partial charge is 0.309 e. The molecule has 3 heterocycles. The Morgan fingerprint density at radius 3 is 3.00 bits per heavy atom. The van der Waals surface area contributed by atoms with E-state index in [2.05, 4.69) is 44.7 Å². The van der Waals surface area contributed by atoms with E-state index >= 15 is 0 Å². The molecular formula is C19H24N8O. The van der Waals surface area contributed by atoms with Crippen molar-refractivity contribution in [1.82, 2.24) is 35.0 Å². The number of hydrogen-bond acceptors (Lipinski definition) is 6. The molecule has 0 spiro atoms. The third-order valence-corrected chi connectivity index (χ3v) is 4.82. The van der Waals surface area contributed by atoms with E-state index in [0.717, 1.165) is 37.1 Å². The highest BCUT2D eigenvalue weighted by Crippen LogP contribution is 2.31. The molecule has 0 radical (unpaired) electrons. The lowest BCUT2D eigenvalue weighted by Crippen LogP contribution is -2.22. The van der Waals surface area contributed by atoms with Crippen LogP contribution in [-0.4, -0.2) is 40.9 Å². The first-order valence-corrected chi connectivity index (χ1v) is 9.58. The van der Waals surface area contributed by atoms with Crippen molar-refractivity contribution in [2.24, 2.45) is 5.92 Å². The maximum Gasteiger partial charge on any atom is 0.249 e. The molecule has 0 saturated heterocycles. The molecule has 0 atom stereocenters. The van der Waals surface area contributed by atoms with E-state index in [1.165, 1.54) is 15.9 Å². The van der Waals surface area contributed by atoms with Crippen LogP contribution in [0, 0.1) is 12.8 Å².